The lowest BCUT2D eigenvalue weighted by Gasteiger charge is -2.11. The van der Waals surface area contributed by atoms with E-state index in [1.165, 1.54) is 24.7 Å². The lowest BCUT2D eigenvalue weighted by molar-refractivity contribution is 0.401. The van der Waals surface area contributed by atoms with Crippen LogP contribution in [0.5, 0.6) is 5.75 Å². The summed E-state index contributed by atoms with van der Waals surface area (Å²) < 4.78 is 50.6. The van der Waals surface area contributed by atoms with Crippen LogP contribution in [0.4, 0.5) is 10.1 Å². The summed E-state index contributed by atoms with van der Waals surface area (Å²) in [5, 5.41) is 0.830. The van der Waals surface area contributed by atoms with E-state index in [-0.39, 0.29) is 10.6 Å². The van der Waals surface area contributed by atoms with Crippen LogP contribution in [0.1, 0.15) is 0 Å². The highest BCUT2D eigenvalue weighted by molar-refractivity contribution is 7.92. The van der Waals surface area contributed by atoms with Gasteiger partial charge in [0.1, 0.15) is 16.5 Å². The SMILES string of the molecule is COc1ccc(F)cc1S(=O)(=O)Nc1ccc2sncc2c1. The van der Waals surface area contributed by atoms with E-state index in [0.29, 0.717) is 5.69 Å². The minimum atomic E-state index is -3.96. The van der Waals surface area contributed by atoms with Crippen molar-refractivity contribution in [3.8, 4) is 5.75 Å². The number of benzene rings is 2. The average molecular weight is 338 g/mol. The number of nitrogens with one attached hydrogen (secondary N) is 1. The van der Waals surface area contributed by atoms with Gasteiger partial charge in [-0.05, 0) is 47.9 Å². The zero-order chi connectivity index (χ0) is 15.7. The Bertz CT molecular complexity index is 938. The van der Waals surface area contributed by atoms with Crippen molar-refractivity contribution >= 4 is 37.3 Å². The summed E-state index contributed by atoms with van der Waals surface area (Å²) in [6, 6.07) is 8.41. The van der Waals surface area contributed by atoms with Crippen molar-refractivity contribution < 1.29 is 17.5 Å². The van der Waals surface area contributed by atoms with Crippen LogP contribution in [-0.2, 0) is 10.0 Å². The topological polar surface area (TPSA) is 68.3 Å². The molecule has 0 saturated carbocycles. The average Bonchev–Trinajstić information content (AvgIpc) is 2.94. The molecule has 0 unspecified atom stereocenters. The Morgan fingerprint density at radius 1 is 1.23 bits per heavy atom. The summed E-state index contributed by atoms with van der Waals surface area (Å²) in [6.45, 7) is 0. The van der Waals surface area contributed by atoms with Gasteiger partial charge in [0.2, 0.25) is 0 Å². The normalized spacial score (nSPS) is 11.5. The zero-order valence-electron chi connectivity index (χ0n) is 11.4. The Balaban J connectivity index is 2.01. The molecule has 0 aliphatic carbocycles. The minimum absolute atomic E-state index is 0.0761. The Morgan fingerprint density at radius 3 is 2.82 bits per heavy atom. The van der Waals surface area contributed by atoms with Crippen molar-refractivity contribution in [1.82, 2.24) is 4.37 Å². The van der Waals surface area contributed by atoms with Gasteiger partial charge in [-0.1, -0.05) is 0 Å². The Morgan fingerprint density at radius 2 is 2.05 bits per heavy atom. The minimum Gasteiger partial charge on any atom is -0.495 e. The zero-order valence-corrected chi connectivity index (χ0v) is 13.0. The number of aromatic nitrogens is 1. The molecule has 5 nitrogen and oxygen atoms in total. The van der Waals surface area contributed by atoms with Gasteiger partial charge in [-0.25, -0.2) is 12.8 Å². The molecule has 0 fully saturated rings. The summed E-state index contributed by atoms with van der Waals surface area (Å²) in [5.74, 6) is -0.578. The maximum atomic E-state index is 13.4. The van der Waals surface area contributed by atoms with E-state index in [9.17, 15) is 12.8 Å². The van der Waals surface area contributed by atoms with Crippen molar-refractivity contribution in [3.05, 3.63) is 48.4 Å². The van der Waals surface area contributed by atoms with E-state index in [0.717, 1.165) is 22.2 Å². The van der Waals surface area contributed by atoms with Crippen molar-refractivity contribution in [2.45, 2.75) is 4.90 Å². The molecule has 114 valence electrons. The number of rotatable bonds is 4. The molecule has 3 aromatic rings. The van der Waals surface area contributed by atoms with Crippen LogP contribution in [0.25, 0.3) is 10.1 Å². The van der Waals surface area contributed by atoms with Gasteiger partial charge in [0.05, 0.1) is 11.8 Å². The van der Waals surface area contributed by atoms with Gasteiger partial charge >= 0.3 is 0 Å². The summed E-state index contributed by atoms with van der Waals surface area (Å²) in [7, 11) is -2.63. The lowest BCUT2D eigenvalue weighted by Crippen LogP contribution is -2.14. The number of nitrogens with zero attached hydrogens (tertiary/aromatic N) is 1. The fourth-order valence-electron chi connectivity index (χ4n) is 2.01. The number of anilines is 1. The van der Waals surface area contributed by atoms with Crippen LogP contribution < -0.4 is 9.46 Å². The fourth-order valence-corrected chi connectivity index (χ4v) is 3.86. The third-order valence-corrected chi connectivity index (χ3v) is 5.20. The highest BCUT2D eigenvalue weighted by atomic mass is 32.2. The summed E-state index contributed by atoms with van der Waals surface area (Å²) >= 11 is 1.32. The van der Waals surface area contributed by atoms with Gasteiger partial charge in [0, 0.05) is 17.3 Å². The Kier molecular flexibility index (Phi) is 3.71. The molecular formula is C14H11FN2O3S2. The molecule has 0 aliphatic rings. The number of halogens is 1. The summed E-state index contributed by atoms with van der Waals surface area (Å²) in [5.41, 5.74) is 0.374. The first-order valence-corrected chi connectivity index (χ1v) is 8.46. The predicted octanol–water partition coefficient (Wildman–Crippen LogP) is 3.24. The molecule has 2 aromatic carbocycles. The maximum absolute atomic E-state index is 13.4. The fraction of sp³-hybridized carbons (Fsp3) is 0.0714. The number of fused-ring (bicyclic) bond motifs is 1. The maximum Gasteiger partial charge on any atom is 0.265 e. The van der Waals surface area contributed by atoms with E-state index in [1.807, 2.05) is 0 Å². The molecule has 3 rings (SSSR count). The largest absolute Gasteiger partial charge is 0.495 e. The molecule has 1 aromatic heterocycles. The van der Waals surface area contributed by atoms with Crippen LogP contribution in [-0.4, -0.2) is 19.9 Å². The van der Waals surface area contributed by atoms with Gasteiger partial charge < -0.3 is 4.74 Å². The molecule has 0 atom stereocenters. The standard InChI is InChI=1S/C14H11FN2O3S2/c1-20-12-4-2-10(15)7-14(12)22(18,19)17-11-3-5-13-9(6-11)8-16-21-13/h2-8,17H,1H3. The molecule has 0 saturated heterocycles. The third kappa shape index (κ3) is 2.75. The lowest BCUT2D eigenvalue weighted by atomic mass is 10.2. The van der Waals surface area contributed by atoms with E-state index >= 15 is 0 Å². The molecule has 0 spiro atoms. The molecule has 1 heterocycles. The third-order valence-electron chi connectivity index (χ3n) is 3.02. The van der Waals surface area contributed by atoms with Crippen LogP contribution in [0.3, 0.4) is 0 Å². The quantitative estimate of drug-likeness (QED) is 0.793. The Hall–Kier alpha value is -2.19. The number of ether oxygens (including phenoxy) is 1. The number of methoxy groups -OCH3 is 1. The molecule has 0 aliphatic heterocycles. The molecule has 0 bridgehead atoms. The summed E-state index contributed by atoms with van der Waals surface area (Å²) in [4.78, 5) is -0.251. The van der Waals surface area contributed by atoms with Gasteiger partial charge in [-0.2, -0.15) is 4.37 Å². The van der Waals surface area contributed by atoms with Gasteiger partial charge in [0.25, 0.3) is 10.0 Å². The molecular weight excluding hydrogens is 327 g/mol. The van der Waals surface area contributed by atoms with Gasteiger partial charge in [0.15, 0.2) is 0 Å². The van der Waals surface area contributed by atoms with Crippen molar-refractivity contribution in [3.63, 3.8) is 0 Å². The number of sulfonamides is 1. The van der Waals surface area contributed by atoms with E-state index in [4.69, 9.17) is 4.74 Å². The highest BCUT2D eigenvalue weighted by Crippen LogP contribution is 2.28. The van der Waals surface area contributed by atoms with E-state index in [2.05, 4.69) is 9.10 Å². The molecule has 0 radical (unpaired) electrons. The molecule has 0 amide bonds. The molecule has 1 N–H and O–H groups in total. The number of hydrogen-bond donors (Lipinski definition) is 1. The van der Waals surface area contributed by atoms with Crippen LogP contribution in [0, 0.1) is 5.82 Å². The second kappa shape index (κ2) is 5.54. The highest BCUT2D eigenvalue weighted by Gasteiger charge is 2.20. The predicted molar refractivity (Wildman–Crippen MR) is 83.4 cm³/mol. The van der Waals surface area contributed by atoms with Crippen LogP contribution in [0.15, 0.2) is 47.5 Å². The first-order valence-electron chi connectivity index (χ1n) is 6.20. The van der Waals surface area contributed by atoms with E-state index < -0.39 is 15.8 Å². The second-order valence-electron chi connectivity index (χ2n) is 4.48. The van der Waals surface area contributed by atoms with Crippen LogP contribution in [0.2, 0.25) is 0 Å². The van der Waals surface area contributed by atoms with Gasteiger partial charge in [-0.3, -0.25) is 4.72 Å². The first kappa shape index (κ1) is 14.7. The van der Waals surface area contributed by atoms with Crippen LogP contribution >= 0.6 is 11.5 Å². The molecule has 8 heteroatoms. The first-order chi connectivity index (χ1) is 10.5. The smallest absolute Gasteiger partial charge is 0.265 e. The summed E-state index contributed by atoms with van der Waals surface area (Å²) in [6.07, 6.45) is 1.65. The van der Waals surface area contributed by atoms with Crippen molar-refractivity contribution in [1.29, 1.82) is 0 Å². The number of hydrogen-bond acceptors (Lipinski definition) is 5. The van der Waals surface area contributed by atoms with Crippen molar-refractivity contribution in [2.75, 3.05) is 11.8 Å². The van der Waals surface area contributed by atoms with E-state index in [1.54, 1.807) is 24.4 Å². The second-order valence-corrected chi connectivity index (χ2v) is 6.96. The van der Waals surface area contributed by atoms with Gasteiger partial charge in [-0.15, -0.1) is 0 Å². The Labute approximate surface area is 130 Å². The monoisotopic (exact) mass is 338 g/mol. The van der Waals surface area contributed by atoms with Crippen molar-refractivity contribution in [2.24, 2.45) is 0 Å². The molecule has 22 heavy (non-hydrogen) atoms.